The Kier molecular flexibility index (Phi) is 2.68. The number of rotatable bonds is 2. The number of nitrogens with zero attached hydrogens (tertiary/aromatic N) is 2. The summed E-state index contributed by atoms with van der Waals surface area (Å²) in [7, 11) is 2.97. The third-order valence-corrected chi connectivity index (χ3v) is 3.64. The van der Waals surface area contributed by atoms with Gasteiger partial charge in [-0.3, -0.25) is 0 Å². The van der Waals surface area contributed by atoms with Crippen molar-refractivity contribution in [2.75, 3.05) is 20.0 Å². The lowest BCUT2D eigenvalue weighted by Crippen LogP contribution is -2.06. The van der Waals surface area contributed by atoms with E-state index in [4.69, 9.17) is 24.0 Å². The lowest BCUT2D eigenvalue weighted by atomic mass is 10.1. The molecule has 8 nitrogen and oxygen atoms in total. The molecule has 0 atom stereocenters. The largest absolute Gasteiger partial charge is 0.495 e. The second-order valence-electron chi connectivity index (χ2n) is 4.81. The van der Waals surface area contributed by atoms with Gasteiger partial charge in [-0.2, -0.15) is 0 Å². The molecule has 0 saturated carbocycles. The molecule has 116 valence electrons. The summed E-state index contributed by atoms with van der Waals surface area (Å²) in [6.07, 6.45) is 2.83. The van der Waals surface area contributed by atoms with E-state index in [1.54, 1.807) is 6.07 Å². The number of anilines is 1. The minimum absolute atomic E-state index is 0.0395. The molecule has 0 aliphatic carbocycles. The van der Waals surface area contributed by atoms with Crippen LogP contribution in [0.5, 0.6) is 11.5 Å². The predicted octanol–water partition coefficient (Wildman–Crippen LogP) is 2.08. The van der Waals surface area contributed by atoms with E-state index in [9.17, 15) is 4.79 Å². The molecule has 0 aliphatic rings. The summed E-state index contributed by atoms with van der Waals surface area (Å²) in [5.41, 5.74) is 6.01. The topological polar surface area (TPSA) is 114 Å². The van der Waals surface area contributed by atoms with Crippen LogP contribution >= 0.6 is 0 Å². The Labute approximate surface area is 128 Å². The van der Waals surface area contributed by atoms with Crippen molar-refractivity contribution in [3.8, 4) is 11.5 Å². The smallest absolute Gasteiger partial charge is 0.347 e. The van der Waals surface area contributed by atoms with Crippen molar-refractivity contribution in [1.29, 1.82) is 0 Å². The molecule has 3 aromatic heterocycles. The summed E-state index contributed by atoms with van der Waals surface area (Å²) in [5, 5.41) is 1.35. The first kappa shape index (κ1) is 13.4. The van der Waals surface area contributed by atoms with Crippen LogP contribution in [0.3, 0.4) is 0 Å². The van der Waals surface area contributed by atoms with E-state index in [1.807, 2.05) is 0 Å². The Hall–Kier alpha value is -3.29. The van der Waals surface area contributed by atoms with E-state index in [0.717, 1.165) is 0 Å². The third-order valence-electron chi connectivity index (χ3n) is 3.64. The van der Waals surface area contributed by atoms with Gasteiger partial charge in [0.2, 0.25) is 11.7 Å². The summed E-state index contributed by atoms with van der Waals surface area (Å²) in [6.45, 7) is 0. The minimum atomic E-state index is -0.598. The Balaban J connectivity index is 2.41. The highest BCUT2D eigenvalue weighted by Crippen LogP contribution is 2.44. The number of nitrogen functional groups attached to an aromatic ring is 1. The number of methoxy groups -OCH3 is 2. The van der Waals surface area contributed by atoms with Gasteiger partial charge < -0.3 is 24.0 Å². The van der Waals surface area contributed by atoms with Crippen molar-refractivity contribution < 1.29 is 18.3 Å². The monoisotopic (exact) mass is 313 g/mol. The van der Waals surface area contributed by atoms with Gasteiger partial charge in [-0.1, -0.05) is 0 Å². The number of aromatic nitrogens is 2. The molecule has 0 bridgehead atoms. The van der Waals surface area contributed by atoms with Crippen LogP contribution in [-0.2, 0) is 0 Å². The van der Waals surface area contributed by atoms with Crippen LogP contribution in [-0.4, -0.2) is 24.2 Å². The Morgan fingerprint density at radius 2 is 1.91 bits per heavy atom. The Bertz CT molecular complexity index is 1130. The molecule has 4 rings (SSSR count). The lowest BCUT2D eigenvalue weighted by molar-refractivity contribution is 0.399. The van der Waals surface area contributed by atoms with Crippen LogP contribution in [0.25, 0.3) is 32.8 Å². The van der Waals surface area contributed by atoms with Crippen molar-refractivity contribution >= 4 is 38.8 Å². The number of furan rings is 1. The van der Waals surface area contributed by atoms with Gasteiger partial charge in [0.15, 0.2) is 11.2 Å². The number of benzene rings is 1. The highest BCUT2D eigenvalue weighted by Gasteiger charge is 2.24. The van der Waals surface area contributed by atoms with Gasteiger partial charge >= 0.3 is 5.63 Å². The molecule has 0 unspecified atom stereocenters. The Morgan fingerprint density at radius 3 is 2.65 bits per heavy atom. The fraction of sp³-hybridized carbons (Fsp3) is 0.133. The number of fused-ring (bicyclic) bond motifs is 4. The number of nitrogens with two attached hydrogens (primary N) is 1. The number of hydrogen-bond donors (Lipinski definition) is 1. The minimum Gasteiger partial charge on any atom is -0.495 e. The van der Waals surface area contributed by atoms with Crippen LogP contribution in [0, 0.1) is 0 Å². The average molecular weight is 313 g/mol. The molecule has 0 fully saturated rings. The zero-order chi connectivity index (χ0) is 16.1. The van der Waals surface area contributed by atoms with Crippen LogP contribution in [0.1, 0.15) is 0 Å². The van der Waals surface area contributed by atoms with Gasteiger partial charge in [-0.15, -0.1) is 0 Å². The maximum atomic E-state index is 12.2. The van der Waals surface area contributed by atoms with Gasteiger partial charge in [0.25, 0.3) is 0 Å². The van der Waals surface area contributed by atoms with E-state index < -0.39 is 5.63 Å². The van der Waals surface area contributed by atoms with Gasteiger partial charge in [0.05, 0.1) is 36.8 Å². The van der Waals surface area contributed by atoms with Crippen LogP contribution < -0.4 is 20.8 Å². The van der Waals surface area contributed by atoms with Crippen molar-refractivity contribution in [1.82, 2.24) is 9.97 Å². The zero-order valence-corrected chi connectivity index (χ0v) is 12.2. The number of ether oxygens (including phenoxy) is 2. The molecule has 8 heteroatoms. The van der Waals surface area contributed by atoms with Crippen molar-refractivity contribution in [3.63, 3.8) is 0 Å². The molecule has 2 N–H and O–H groups in total. The second kappa shape index (κ2) is 4.60. The van der Waals surface area contributed by atoms with E-state index >= 15 is 0 Å². The summed E-state index contributed by atoms with van der Waals surface area (Å²) in [6, 6.07) is 1.73. The average Bonchev–Trinajstić information content (AvgIpc) is 3.01. The molecule has 0 radical (unpaired) electrons. The zero-order valence-electron chi connectivity index (χ0n) is 12.2. The van der Waals surface area contributed by atoms with Crippen LogP contribution in [0.15, 0.2) is 32.2 Å². The number of hydrogen-bond acceptors (Lipinski definition) is 8. The molecular weight excluding hydrogens is 302 g/mol. The first-order chi connectivity index (χ1) is 11.2. The molecule has 0 amide bonds. The molecule has 4 aromatic rings. The summed E-state index contributed by atoms with van der Waals surface area (Å²) in [5.74, 6) is 0.783. The van der Waals surface area contributed by atoms with Gasteiger partial charge in [-0.25, -0.2) is 14.8 Å². The van der Waals surface area contributed by atoms with Crippen LogP contribution in [0.2, 0.25) is 0 Å². The molecule has 3 heterocycles. The molecule has 1 aromatic carbocycles. The van der Waals surface area contributed by atoms with E-state index in [0.29, 0.717) is 27.6 Å². The second-order valence-corrected chi connectivity index (χ2v) is 4.81. The summed E-state index contributed by atoms with van der Waals surface area (Å²) in [4.78, 5) is 20.3. The maximum absolute atomic E-state index is 12.2. The van der Waals surface area contributed by atoms with Gasteiger partial charge in [0.1, 0.15) is 11.1 Å². The third kappa shape index (κ3) is 1.68. The fourth-order valence-corrected chi connectivity index (χ4v) is 2.71. The van der Waals surface area contributed by atoms with Crippen molar-refractivity contribution in [2.24, 2.45) is 0 Å². The van der Waals surface area contributed by atoms with Gasteiger partial charge in [-0.05, 0) is 6.07 Å². The van der Waals surface area contributed by atoms with Crippen molar-refractivity contribution in [3.05, 3.63) is 28.9 Å². The summed E-state index contributed by atoms with van der Waals surface area (Å²) >= 11 is 0. The molecular formula is C15H11N3O5. The van der Waals surface area contributed by atoms with E-state index in [1.165, 1.54) is 26.7 Å². The Morgan fingerprint density at radius 1 is 1.13 bits per heavy atom. The van der Waals surface area contributed by atoms with Gasteiger partial charge in [0, 0.05) is 6.20 Å². The standard InChI is InChI=1S/C15H11N3O5/c1-20-10-6-3-4-22-11(6)13(21-2)12-8(10)9-7(14(19)23-12)5-17-15(16)18-9/h3-5H,1-2H3,(H2,16,17,18). The predicted molar refractivity (Wildman–Crippen MR) is 82.9 cm³/mol. The molecule has 23 heavy (non-hydrogen) atoms. The molecule has 0 saturated heterocycles. The first-order valence-corrected chi connectivity index (χ1v) is 6.66. The quantitative estimate of drug-likeness (QED) is 0.442. The van der Waals surface area contributed by atoms with E-state index in [2.05, 4.69) is 9.97 Å². The first-order valence-electron chi connectivity index (χ1n) is 6.66. The van der Waals surface area contributed by atoms with Crippen molar-refractivity contribution in [2.45, 2.75) is 0 Å². The SMILES string of the molecule is COc1c2occc2c(OC)c2c1oc(=O)c1cnc(N)nc12. The highest BCUT2D eigenvalue weighted by molar-refractivity contribution is 6.15. The highest BCUT2D eigenvalue weighted by atomic mass is 16.5. The lowest BCUT2D eigenvalue weighted by Gasteiger charge is -2.11. The fourth-order valence-electron chi connectivity index (χ4n) is 2.71. The maximum Gasteiger partial charge on any atom is 0.347 e. The molecule has 0 spiro atoms. The summed E-state index contributed by atoms with van der Waals surface area (Å²) < 4.78 is 21.7. The molecule has 0 aliphatic heterocycles. The van der Waals surface area contributed by atoms with E-state index in [-0.39, 0.29) is 22.7 Å². The normalized spacial score (nSPS) is 11.4. The van der Waals surface area contributed by atoms with Crippen LogP contribution in [0.4, 0.5) is 5.95 Å².